The average Bonchev–Trinajstić information content (AvgIpc) is 3.19. The number of aliphatic hydroxyl groups excluding tert-OH is 1. The summed E-state index contributed by atoms with van der Waals surface area (Å²) in [4.78, 5) is 22.3. The van der Waals surface area contributed by atoms with Crippen molar-refractivity contribution in [3.63, 3.8) is 0 Å². The number of imidazole rings is 1. The number of rotatable bonds is 2. The van der Waals surface area contributed by atoms with Crippen LogP contribution >= 0.6 is 0 Å². The number of aliphatic hydroxyl groups is 1. The number of aromatic nitrogens is 2. The van der Waals surface area contributed by atoms with E-state index in [0.29, 0.717) is 43.9 Å². The van der Waals surface area contributed by atoms with Crippen LogP contribution in [-0.4, -0.2) is 57.3 Å². The second-order valence-corrected chi connectivity index (χ2v) is 6.85. The molecule has 2 saturated heterocycles. The predicted octanol–water partition coefficient (Wildman–Crippen LogP) is 2.22. The van der Waals surface area contributed by atoms with E-state index in [1.54, 1.807) is 12.4 Å². The van der Waals surface area contributed by atoms with Crippen LogP contribution in [0.25, 0.3) is 11.4 Å². The van der Waals surface area contributed by atoms with E-state index >= 15 is 0 Å². The highest BCUT2D eigenvalue weighted by molar-refractivity contribution is 6.00. The first kappa shape index (κ1) is 16.3. The number of amides is 1. The minimum atomic E-state index is -0.463. The van der Waals surface area contributed by atoms with E-state index in [-0.39, 0.29) is 5.91 Å². The minimum Gasteiger partial charge on any atom is -0.390 e. The zero-order chi connectivity index (χ0) is 17.3. The summed E-state index contributed by atoms with van der Waals surface area (Å²) < 4.78 is 5.93. The van der Waals surface area contributed by atoms with Crippen LogP contribution in [0.4, 0.5) is 0 Å². The first-order chi connectivity index (χ1) is 12.2. The van der Waals surface area contributed by atoms with E-state index in [0.717, 1.165) is 18.4 Å². The molecule has 6 nitrogen and oxygen atoms in total. The van der Waals surface area contributed by atoms with Gasteiger partial charge in [0.15, 0.2) is 0 Å². The van der Waals surface area contributed by atoms with Crippen LogP contribution in [0, 0.1) is 0 Å². The van der Waals surface area contributed by atoms with Gasteiger partial charge in [-0.2, -0.15) is 0 Å². The molecule has 1 aromatic heterocycles. The third-order valence-corrected chi connectivity index (χ3v) is 5.43. The maximum atomic E-state index is 13.0. The van der Waals surface area contributed by atoms with Gasteiger partial charge >= 0.3 is 0 Å². The van der Waals surface area contributed by atoms with Crippen LogP contribution in [0.2, 0.25) is 0 Å². The number of aromatic amines is 1. The van der Waals surface area contributed by atoms with Crippen molar-refractivity contribution >= 4 is 5.91 Å². The summed E-state index contributed by atoms with van der Waals surface area (Å²) in [6.45, 7) is 1.90. The number of carbonyl (C=O) groups excluding carboxylic acids is 1. The number of benzene rings is 1. The standard InChI is InChI=1S/C19H23N3O3/c23-16-6-3-13-25-19(16)7-11-22(12-8-19)18(24)15-5-2-1-4-14(15)17-20-9-10-21-17/h1-2,4-5,9-10,16,23H,3,6-8,11-13H2,(H,20,21)/t16-/m1/s1. The van der Waals surface area contributed by atoms with Gasteiger partial charge in [-0.05, 0) is 31.7 Å². The summed E-state index contributed by atoms with van der Waals surface area (Å²) in [6.07, 6.45) is 6.07. The molecular formula is C19H23N3O3. The minimum absolute atomic E-state index is 0.00662. The van der Waals surface area contributed by atoms with Gasteiger partial charge in [-0.25, -0.2) is 4.98 Å². The number of likely N-dealkylation sites (tertiary alicyclic amines) is 1. The number of carbonyl (C=O) groups is 1. The van der Waals surface area contributed by atoms with Crippen molar-refractivity contribution < 1.29 is 14.6 Å². The van der Waals surface area contributed by atoms with E-state index in [2.05, 4.69) is 9.97 Å². The molecule has 2 aliphatic rings. The Kier molecular flexibility index (Phi) is 4.31. The van der Waals surface area contributed by atoms with Crippen LogP contribution in [0.1, 0.15) is 36.0 Å². The third-order valence-electron chi connectivity index (χ3n) is 5.43. The molecule has 2 aromatic rings. The van der Waals surface area contributed by atoms with Gasteiger partial charge in [-0.15, -0.1) is 0 Å². The molecule has 132 valence electrons. The summed E-state index contributed by atoms with van der Waals surface area (Å²) in [5.74, 6) is 0.704. The average molecular weight is 341 g/mol. The van der Waals surface area contributed by atoms with Crippen LogP contribution in [-0.2, 0) is 4.74 Å². The van der Waals surface area contributed by atoms with Gasteiger partial charge in [0.05, 0.1) is 17.3 Å². The van der Waals surface area contributed by atoms with Crippen molar-refractivity contribution in [2.45, 2.75) is 37.4 Å². The summed E-state index contributed by atoms with van der Waals surface area (Å²) in [5, 5.41) is 10.4. The first-order valence-electron chi connectivity index (χ1n) is 8.90. The van der Waals surface area contributed by atoms with E-state index in [1.165, 1.54) is 0 Å². The molecule has 25 heavy (non-hydrogen) atoms. The Morgan fingerprint density at radius 2 is 2.12 bits per heavy atom. The van der Waals surface area contributed by atoms with Gasteiger partial charge < -0.3 is 19.7 Å². The highest BCUT2D eigenvalue weighted by Gasteiger charge is 2.44. The molecule has 3 heterocycles. The van der Waals surface area contributed by atoms with E-state index in [1.807, 2.05) is 29.2 Å². The van der Waals surface area contributed by atoms with Gasteiger partial charge in [-0.3, -0.25) is 4.79 Å². The SMILES string of the molecule is O=C(c1ccccc1-c1ncc[nH]1)N1CCC2(CC1)OCCC[C@H]2O. The van der Waals surface area contributed by atoms with Gasteiger partial charge in [0, 0.05) is 37.7 Å². The van der Waals surface area contributed by atoms with Crippen molar-refractivity contribution in [3.05, 3.63) is 42.2 Å². The number of nitrogens with zero attached hydrogens (tertiary/aromatic N) is 2. The smallest absolute Gasteiger partial charge is 0.254 e. The maximum absolute atomic E-state index is 13.0. The molecule has 1 spiro atoms. The molecule has 2 N–H and O–H groups in total. The van der Waals surface area contributed by atoms with E-state index in [4.69, 9.17) is 4.74 Å². The van der Waals surface area contributed by atoms with Crippen molar-refractivity contribution in [1.29, 1.82) is 0 Å². The molecule has 1 atom stereocenters. The van der Waals surface area contributed by atoms with Crippen molar-refractivity contribution in [3.8, 4) is 11.4 Å². The number of H-pyrrole nitrogens is 1. The lowest BCUT2D eigenvalue weighted by Crippen LogP contribution is -2.56. The van der Waals surface area contributed by atoms with Crippen LogP contribution < -0.4 is 0 Å². The second kappa shape index (κ2) is 6.61. The van der Waals surface area contributed by atoms with Gasteiger partial charge in [0.2, 0.25) is 0 Å². The Hall–Kier alpha value is -2.18. The lowest BCUT2D eigenvalue weighted by molar-refractivity contribution is -0.174. The van der Waals surface area contributed by atoms with Crippen molar-refractivity contribution in [2.75, 3.05) is 19.7 Å². The Morgan fingerprint density at radius 3 is 2.84 bits per heavy atom. The predicted molar refractivity (Wildman–Crippen MR) is 93.1 cm³/mol. The molecule has 6 heteroatoms. The van der Waals surface area contributed by atoms with Crippen LogP contribution in [0.3, 0.4) is 0 Å². The number of hydrogen-bond donors (Lipinski definition) is 2. The maximum Gasteiger partial charge on any atom is 0.254 e. The fraction of sp³-hybridized carbons (Fsp3) is 0.474. The molecule has 0 saturated carbocycles. The molecule has 0 aliphatic carbocycles. The highest BCUT2D eigenvalue weighted by atomic mass is 16.5. The zero-order valence-corrected chi connectivity index (χ0v) is 14.1. The van der Waals surface area contributed by atoms with Crippen LogP contribution in [0.5, 0.6) is 0 Å². The Labute approximate surface area is 146 Å². The lowest BCUT2D eigenvalue weighted by Gasteiger charge is -2.46. The van der Waals surface area contributed by atoms with Crippen molar-refractivity contribution in [1.82, 2.24) is 14.9 Å². The fourth-order valence-corrected chi connectivity index (χ4v) is 3.94. The molecular weight excluding hydrogens is 318 g/mol. The summed E-state index contributed by atoms with van der Waals surface area (Å²) in [6, 6.07) is 7.53. The third kappa shape index (κ3) is 2.96. The zero-order valence-electron chi connectivity index (χ0n) is 14.1. The Bertz CT molecular complexity index is 736. The van der Waals surface area contributed by atoms with Crippen molar-refractivity contribution in [2.24, 2.45) is 0 Å². The molecule has 2 fully saturated rings. The number of hydrogen-bond acceptors (Lipinski definition) is 4. The van der Waals surface area contributed by atoms with E-state index < -0.39 is 11.7 Å². The number of ether oxygens (including phenoxy) is 1. The quantitative estimate of drug-likeness (QED) is 0.878. The fourth-order valence-electron chi connectivity index (χ4n) is 3.94. The van der Waals surface area contributed by atoms with Crippen LogP contribution in [0.15, 0.2) is 36.7 Å². The summed E-state index contributed by atoms with van der Waals surface area (Å²) >= 11 is 0. The Morgan fingerprint density at radius 1 is 1.32 bits per heavy atom. The number of nitrogens with one attached hydrogen (secondary N) is 1. The number of piperidine rings is 1. The summed E-state index contributed by atoms with van der Waals surface area (Å²) in [5.41, 5.74) is 1.00. The Balaban J connectivity index is 1.52. The molecule has 0 radical (unpaired) electrons. The first-order valence-corrected chi connectivity index (χ1v) is 8.90. The molecule has 4 rings (SSSR count). The molecule has 2 aliphatic heterocycles. The largest absolute Gasteiger partial charge is 0.390 e. The van der Waals surface area contributed by atoms with Gasteiger partial charge in [0.25, 0.3) is 5.91 Å². The topological polar surface area (TPSA) is 78.5 Å². The molecule has 0 unspecified atom stereocenters. The molecule has 1 amide bonds. The highest BCUT2D eigenvalue weighted by Crippen LogP contribution is 2.36. The van der Waals surface area contributed by atoms with E-state index in [9.17, 15) is 9.90 Å². The molecule has 0 bridgehead atoms. The lowest BCUT2D eigenvalue weighted by atomic mass is 9.82. The van der Waals surface area contributed by atoms with Gasteiger partial charge in [-0.1, -0.05) is 18.2 Å². The monoisotopic (exact) mass is 341 g/mol. The molecule has 1 aromatic carbocycles. The van der Waals surface area contributed by atoms with Gasteiger partial charge in [0.1, 0.15) is 5.82 Å². The summed E-state index contributed by atoms with van der Waals surface area (Å²) in [7, 11) is 0. The normalized spacial score (nSPS) is 22.9. The second-order valence-electron chi connectivity index (χ2n) is 6.85.